The zero-order valence-corrected chi connectivity index (χ0v) is 20.2. The Morgan fingerprint density at radius 3 is 2.57 bits per heavy atom. The molecular weight excluding hydrogens is 533 g/mol. The van der Waals surface area contributed by atoms with E-state index in [2.05, 4.69) is 65.5 Å². The molecule has 2 heterocycles. The van der Waals surface area contributed by atoms with Crippen molar-refractivity contribution in [3.8, 4) is 0 Å². The van der Waals surface area contributed by atoms with Crippen molar-refractivity contribution < 1.29 is 4.52 Å². The van der Waals surface area contributed by atoms with E-state index in [1.165, 1.54) is 12.0 Å². The maximum atomic E-state index is 5.17. The Hall–Kier alpha value is -1.13. The number of nitrogens with zero attached hydrogens (tertiary/aromatic N) is 4. The maximum Gasteiger partial charge on any atom is 0.193 e. The summed E-state index contributed by atoms with van der Waals surface area (Å²) >= 11 is 3.51. The highest BCUT2D eigenvalue weighted by atomic mass is 127. The summed E-state index contributed by atoms with van der Waals surface area (Å²) in [4.78, 5) is 9.31. The molecule has 2 fully saturated rings. The van der Waals surface area contributed by atoms with Gasteiger partial charge in [-0.15, -0.1) is 24.0 Å². The van der Waals surface area contributed by atoms with Crippen molar-refractivity contribution in [2.75, 3.05) is 33.2 Å². The summed E-state index contributed by atoms with van der Waals surface area (Å²) in [7, 11) is 1.88. The standard InChI is InChI=1S/C20H26BrN5O.HI/c1-14-11-17(24-27-14)13-25-7-9-26(10-8-25)20(22-2)23-19-12-18(19)15-3-5-16(21)6-4-15;/h3-6,11,18-19H,7-10,12-13H2,1-2H3,(H,22,23);1H. The normalized spacial score (nSPS) is 22.7. The van der Waals surface area contributed by atoms with Gasteiger partial charge in [-0.05, 0) is 31.0 Å². The lowest BCUT2D eigenvalue weighted by molar-refractivity contribution is 0.169. The Bertz CT molecular complexity index is 801. The largest absolute Gasteiger partial charge is 0.361 e. The molecule has 8 heteroatoms. The molecule has 1 N–H and O–H groups in total. The Morgan fingerprint density at radius 1 is 1.25 bits per heavy atom. The number of guanidine groups is 1. The van der Waals surface area contributed by atoms with Crippen LogP contribution in [0.25, 0.3) is 0 Å². The first-order valence-corrected chi connectivity index (χ1v) is 10.3. The number of aliphatic imine (C=N–C) groups is 1. The van der Waals surface area contributed by atoms with Crippen molar-refractivity contribution in [2.45, 2.75) is 31.8 Å². The molecule has 0 radical (unpaired) electrons. The first kappa shape index (κ1) is 21.6. The van der Waals surface area contributed by atoms with Gasteiger partial charge in [0.1, 0.15) is 5.76 Å². The van der Waals surface area contributed by atoms with Gasteiger partial charge in [0.25, 0.3) is 0 Å². The Morgan fingerprint density at radius 2 is 1.96 bits per heavy atom. The van der Waals surface area contributed by atoms with Crippen LogP contribution in [0.3, 0.4) is 0 Å². The van der Waals surface area contributed by atoms with Crippen LogP contribution in [0.5, 0.6) is 0 Å². The van der Waals surface area contributed by atoms with Crippen molar-refractivity contribution in [2.24, 2.45) is 4.99 Å². The Balaban J connectivity index is 0.00000225. The predicted molar refractivity (Wildman–Crippen MR) is 125 cm³/mol. The zero-order valence-electron chi connectivity index (χ0n) is 16.3. The number of rotatable bonds is 4. The molecule has 6 nitrogen and oxygen atoms in total. The highest BCUT2D eigenvalue weighted by molar-refractivity contribution is 14.0. The smallest absolute Gasteiger partial charge is 0.193 e. The summed E-state index contributed by atoms with van der Waals surface area (Å²) in [6.45, 7) is 6.76. The fraction of sp³-hybridized carbons (Fsp3) is 0.500. The minimum atomic E-state index is 0. The van der Waals surface area contributed by atoms with Gasteiger partial charge in [0.15, 0.2) is 5.96 Å². The van der Waals surface area contributed by atoms with E-state index < -0.39 is 0 Å². The molecule has 2 aliphatic rings. The molecule has 1 saturated heterocycles. The summed E-state index contributed by atoms with van der Waals surface area (Å²) in [6, 6.07) is 11.2. The molecule has 0 amide bonds. The third kappa shape index (κ3) is 5.27. The molecule has 28 heavy (non-hydrogen) atoms. The Labute approximate surface area is 191 Å². The molecule has 2 unspecified atom stereocenters. The number of aryl methyl sites for hydroxylation is 1. The van der Waals surface area contributed by atoms with Gasteiger partial charge in [0.2, 0.25) is 0 Å². The molecule has 4 rings (SSSR count). The fourth-order valence-electron chi connectivity index (χ4n) is 3.74. The van der Waals surface area contributed by atoms with E-state index in [0.717, 1.165) is 54.6 Å². The van der Waals surface area contributed by atoms with E-state index in [9.17, 15) is 0 Å². The maximum absolute atomic E-state index is 5.17. The number of nitrogens with one attached hydrogen (secondary N) is 1. The predicted octanol–water partition coefficient (Wildman–Crippen LogP) is 3.61. The monoisotopic (exact) mass is 559 g/mol. The van der Waals surface area contributed by atoms with Gasteiger partial charge in [-0.25, -0.2) is 0 Å². The summed E-state index contributed by atoms with van der Waals surface area (Å²) < 4.78 is 6.30. The molecule has 1 aromatic heterocycles. The highest BCUT2D eigenvalue weighted by Crippen LogP contribution is 2.41. The topological polar surface area (TPSA) is 56.9 Å². The lowest BCUT2D eigenvalue weighted by Crippen LogP contribution is -2.52. The summed E-state index contributed by atoms with van der Waals surface area (Å²) in [5.74, 6) is 2.49. The molecule has 152 valence electrons. The minimum absolute atomic E-state index is 0. The molecule has 2 atom stereocenters. The van der Waals surface area contributed by atoms with Gasteiger partial charge in [0.05, 0.1) is 5.69 Å². The van der Waals surface area contributed by atoms with Crippen LogP contribution in [0, 0.1) is 6.92 Å². The van der Waals surface area contributed by atoms with Gasteiger partial charge in [-0.2, -0.15) is 0 Å². The van der Waals surface area contributed by atoms with Crippen LogP contribution < -0.4 is 5.32 Å². The second-order valence-corrected chi connectivity index (χ2v) is 8.30. The van der Waals surface area contributed by atoms with Gasteiger partial charge >= 0.3 is 0 Å². The van der Waals surface area contributed by atoms with Crippen molar-refractivity contribution in [1.82, 2.24) is 20.3 Å². The number of hydrogen-bond acceptors (Lipinski definition) is 4. The number of hydrogen-bond donors (Lipinski definition) is 1. The summed E-state index contributed by atoms with van der Waals surface area (Å²) in [5, 5.41) is 7.76. The van der Waals surface area contributed by atoms with Gasteiger partial charge in [0, 0.05) is 62.3 Å². The molecule has 1 aromatic carbocycles. The number of piperazine rings is 1. The Kier molecular flexibility index (Phi) is 7.38. The zero-order chi connectivity index (χ0) is 18.8. The first-order valence-electron chi connectivity index (χ1n) is 9.50. The molecule has 2 aromatic rings. The SMILES string of the molecule is CN=C(NC1CC1c1ccc(Br)cc1)N1CCN(Cc2cc(C)on2)CC1.I. The second kappa shape index (κ2) is 9.58. The van der Waals surface area contributed by atoms with Crippen LogP contribution in [-0.2, 0) is 6.54 Å². The van der Waals surface area contributed by atoms with E-state index in [1.54, 1.807) is 0 Å². The third-order valence-electron chi connectivity index (χ3n) is 5.35. The quantitative estimate of drug-likeness (QED) is 0.352. The van der Waals surface area contributed by atoms with Crippen molar-refractivity contribution in [3.05, 3.63) is 51.8 Å². The average Bonchev–Trinajstić information content (AvgIpc) is 3.33. The van der Waals surface area contributed by atoms with Gasteiger partial charge < -0.3 is 14.7 Å². The van der Waals surface area contributed by atoms with E-state index in [-0.39, 0.29) is 24.0 Å². The van der Waals surface area contributed by atoms with E-state index in [1.807, 2.05) is 20.0 Å². The van der Waals surface area contributed by atoms with Crippen LogP contribution in [0.15, 0.2) is 44.3 Å². The van der Waals surface area contributed by atoms with Crippen LogP contribution in [0.1, 0.15) is 29.4 Å². The molecule has 0 spiro atoms. The molecule has 1 saturated carbocycles. The van der Waals surface area contributed by atoms with Gasteiger partial charge in [-0.1, -0.05) is 33.2 Å². The fourth-order valence-corrected chi connectivity index (χ4v) is 4.00. The van der Waals surface area contributed by atoms with Crippen LogP contribution >= 0.6 is 39.9 Å². The summed E-state index contributed by atoms with van der Waals surface area (Å²) in [6.07, 6.45) is 1.17. The van der Waals surface area contributed by atoms with Crippen molar-refractivity contribution >= 4 is 45.9 Å². The minimum Gasteiger partial charge on any atom is -0.361 e. The van der Waals surface area contributed by atoms with Crippen molar-refractivity contribution in [1.29, 1.82) is 0 Å². The van der Waals surface area contributed by atoms with Crippen LogP contribution in [0.2, 0.25) is 0 Å². The van der Waals surface area contributed by atoms with Crippen molar-refractivity contribution in [3.63, 3.8) is 0 Å². The van der Waals surface area contributed by atoms with E-state index in [4.69, 9.17) is 4.52 Å². The number of aromatic nitrogens is 1. The molecule has 1 aliphatic heterocycles. The van der Waals surface area contributed by atoms with Gasteiger partial charge in [-0.3, -0.25) is 9.89 Å². The molecule has 0 bridgehead atoms. The lowest BCUT2D eigenvalue weighted by atomic mass is 10.1. The molecular formula is C20H27BrIN5O. The second-order valence-electron chi connectivity index (χ2n) is 7.38. The lowest BCUT2D eigenvalue weighted by Gasteiger charge is -2.36. The van der Waals surface area contributed by atoms with E-state index >= 15 is 0 Å². The number of halogens is 2. The van der Waals surface area contributed by atoms with Crippen LogP contribution in [0.4, 0.5) is 0 Å². The van der Waals surface area contributed by atoms with Crippen LogP contribution in [-0.4, -0.2) is 60.2 Å². The average molecular weight is 560 g/mol. The third-order valence-corrected chi connectivity index (χ3v) is 5.88. The summed E-state index contributed by atoms with van der Waals surface area (Å²) in [5.41, 5.74) is 2.41. The molecule has 1 aliphatic carbocycles. The number of benzene rings is 1. The highest BCUT2D eigenvalue weighted by Gasteiger charge is 2.39. The van der Waals surface area contributed by atoms with E-state index in [0.29, 0.717) is 12.0 Å². The first-order chi connectivity index (χ1) is 13.1.